The van der Waals surface area contributed by atoms with Crippen LogP contribution in [0.1, 0.15) is 11.4 Å². The predicted molar refractivity (Wildman–Crippen MR) is 57.4 cm³/mol. The van der Waals surface area contributed by atoms with Crippen molar-refractivity contribution in [3.05, 3.63) is 42.0 Å². The van der Waals surface area contributed by atoms with E-state index < -0.39 is 0 Å². The van der Waals surface area contributed by atoms with Gasteiger partial charge in [-0.25, -0.2) is 4.98 Å². The van der Waals surface area contributed by atoms with E-state index in [1.54, 1.807) is 29.0 Å². The molecule has 1 aromatic heterocycles. The van der Waals surface area contributed by atoms with Crippen LogP contribution >= 0.6 is 0 Å². The summed E-state index contributed by atoms with van der Waals surface area (Å²) in [6, 6.07) is 8.92. The minimum absolute atomic E-state index is 0.237. The molecule has 2 aromatic rings. The van der Waals surface area contributed by atoms with Gasteiger partial charge >= 0.3 is 0 Å². The highest BCUT2D eigenvalue weighted by Crippen LogP contribution is 2.18. The van der Waals surface area contributed by atoms with E-state index in [-0.39, 0.29) is 5.82 Å². The molecule has 1 aromatic carbocycles. The van der Waals surface area contributed by atoms with Crippen LogP contribution in [-0.2, 0) is 0 Å². The van der Waals surface area contributed by atoms with E-state index in [0.29, 0.717) is 16.9 Å². The third kappa shape index (κ3) is 1.47. The zero-order chi connectivity index (χ0) is 11.5. The van der Waals surface area contributed by atoms with Gasteiger partial charge in [0, 0.05) is 18.1 Å². The smallest absolute Gasteiger partial charge is 0.217 e. The van der Waals surface area contributed by atoms with Crippen LogP contribution in [0.25, 0.3) is 5.69 Å². The SMILES string of the molecule is N#Cc1cc(N)ccc1-n1ccnc1C#N. The van der Waals surface area contributed by atoms with Crippen LogP contribution < -0.4 is 5.73 Å². The molecule has 0 bridgehead atoms. The number of nitrogens with two attached hydrogens (primary N) is 1. The molecule has 1 heterocycles. The molecule has 2 rings (SSSR count). The van der Waals surface area contributed by atoms with Gasteiger partial charge in [-0.05, 0) is 18.2 Å². The summed E-state index contributed by atoms with van der Waals surface area (Å²) >= 11 is 0. The van der Waals surface area contributed by atoms with Crippen molar-refractivity contribution in [3.8, 4) is 17.8 Å². The van der Waals surface area contributed by atoms with Gasteiger partial charge in [0.25, 0.3) is 0 Å². The number of nitrogens with zero attached hydrogens (tertiary/aromatic N) is 4. The first-order chi connectivity index (χ1) is 7.76. The molecular formula is C11H7N5. The van der Waals surface area contributed by atoms with Gasteiger partial charge in [0.05, 0.1) is 11.3 Å². The van der Waals surface area contributed by atoms with E-state index in [4.69, 9.17) is 16.3 Å². The molecule has 5 heteroatoms. The van der Waals surface area contributed by atoms with Crippen LogP contribution in [0.5, 0.6) is 0 Å². The highest BCUT2D eigenvalue weighted by Gasteiger charge is 2.08. The lowest BCUT2D eigenvalue weighted by molar-refractivity contribution is 1.02. The first kappa shape index (κ1) is 9.75. The number of nitriles is 2. The van der Waals surface area contributed by atoms with Gasteiger partial charge in [0.2, 0.25) is 5.82 Å². The number of hydrogen-bond donors (Lipinski definition) is 1. The topological polar surface area (TPSA) is 91.4 Å². The zero-order valence-electron chi connectivity index (χ0n) is 8.25. The normalized spacial score (nSPS) is 9.38. The Kier molecular flexibility index (Phi) is 2.29. The molecule has 0 aliphatic heterocycles. The average Bonchev–Trinajstić information content (AvgIpc) is 2.76. The summed E-state index contributed by atoms with van der Waals surface area (Å²) in [5, 5.41) is 17.8. The van der Waals surface area contributed by atoms with Crippen molar-refractivity contribution in [3.63, 3.8) is 0 Å². The van der Waals surface area contributed by atoms with E-state index in [1.807, 2.05) is 12.1 Å². The van der Waals surface area contributed by atoms with Gasteiger partial charge in [-0.1, -0.05) is 0 Å². The second kappa shape index (κ2) is 3.76. The van der Waals surface area contributed by atoms with Crippen molar-refractivity contribution >= 4 is 5.69 Å². The summed E-state index contributed by atoms with van der Waals surface area (Å²) in [6.45, 7) is 0. The maximum atomic E-state index is 8.98. The number of hydrogen-bond acceptors (Lipinski definition) is 4. The lowest BCUT2D eigenvalue weighted by Crippen LogP contribution is -2.00. The molecule has 0 saturated carbocycles. The molecule has 76 valence electrons. The first-order valence-electron chi connectivity index (χ1n) is 4.49. The summed E-state index contributed by atoms with van der Waals surface area (Å²) in [6.07, 6.45) is 3.14. The highest BCUT2D eigenvalue weighted by atomic mass is 15.1. The van der Waals surface area contributed by atoms with Crippen molar-refractivity contribution in [1.82, 2.24) is 9.55 Å². The van der Waals surface area contributed by atoms with Crippen LogP contribution in [0.15, 0.2) is 30.6 Å². The van der Waals surface area contributed by atoms with Gasteiger partial charge in [0.15, 0.2) is 0 Å². The third-order valence-electron chi connectivity index (χ3n) is 2.14. The fourth-order valence-electron chi connectivity index (χ4n) is 1.43. The van der Waals surface area contributed by atoms with Crippen LogP contribution in [0.4, 0.5) is 5.69 Å². The van der Waals surface area contributed by atoms with Gasteiger partial charge in [-0.15, -0.1) is 0 Å². The van der Waals surface area contributed by atoms with Crippen LogP contribution in [-0.4, -0.2) is 9.55 Å². The monoisotopic (exact) mass is 209 g/mol. The molecule has 5 nitrogen and oxygen atoms in total. The van der Waals surface area contributed by atoms with Gasteiger partial charge in [-0.3, -0.25) is 4.57 Å². The second-order valence-electron chi connectivity index (χ2n) is 3.12. The fraction of sp³-hybridized carbons (Fsp3) is 0. The Hall–Kier alpha value is -2.79. The summed E-state index contributed by atoms with van der Waals surface area (Å²) in [5.74, 6) is 0.237. The van der Waals surface area contributed by atoms with E-state index in [2.05, 4.69) is 4.98 Å². The second-order valence-corrected chi connectivity index (χ2v) is 3.12. The molecule has 0 saturated heterocycles. The Labute approximate surface area is 92.0 Å². The van der Waals surface area contributed by atoms with Crippen LogP contribution in [0, 0.1) is 22.7 Å². The molecule has 0 aliphatic rings. The number of benzene rings is 1. The minimum atomic E-state index is 0.237. The molecule has 0 unspecified atom stereocenters. The van der Waals surface area contributed by atoms with Crippen molar-refractivity contribution < 1.29 is 0 Å². The highest BCUT2D eigenvalue weighted by molar-refractivity contribution is 5.57. The molecule has 0 spiro atoms. The number of rotatable bonds is 1. The van der Waals surface area contributed by atoms with Crippen molar-refractivity contribution in [2.75, 3.05) is 5.73 Å². The Bertz CT molecular complexity index is 612. The van der Waals surface area contributed by atoms with Gasteiger partial charge < -0.3 is 5.73 Å². The molecule has 0 atom stereocenters. The summed E-state index contributed by atoms with van der Waals surface area (Å²) in [4.78, 5) is 3.87. The van der Waals surface area contributed by atoms with E-state index in [0.717, 1.165) is 0 Å². The summed E-state index contributed by atoms with van der Waals surface area (Å²) < 4.78 is 1.55. The number of anilines is 1. The maximum Gasteiger partial charge on any atom is 0.217 e. The zero-order valence-corrected chi connectivity index (χ0v) is 8.25. The standard InChI is InChI=1S/C11H7N5/c12-6-8-5-9(14)1-2-10(8)16-4-3-15-11(16)7-13/h1-5H,14H2. The van der Waals surface area contributed by atoms with E-state index >= 15 is 0 Å². The number of nitrogen functional groups attached to an aromatic ring is 1. The predicted octanol–water partition coefficient (Wildman–Crippen LogP) is 1.20. The first-order valence-corrected chi connectivity index (χ1v) is 4.49. The van der Waals surface area contributed by atoms with E-state index in [1.165, 1.54) is 6.20 Å². The molecule has 2 N–H and O–H groups in total. The maximum absolute atomic E-state index is 8.98. The molecule has 0 fully saturated rings. The lowest BCUT2D eigenvalue weighted by atomic mass is 10.1. The van der Waals surface area contributed by atoms with Gasteiger partial charge in [-0.2, -0.15) is 10.5 Å². The summed E-state index contributed by atoms with van der Waals surface area (Å²) in [7, 11) is 0. The van der Waals surface area contributed by atoms with Crippen molar-refractivity contribution in [2.45, 2.75) is 0 Å². The Morgan fingerprint density at radius 2 is 2.06 bits per heavy atom. The van der Waals surface area contributed by atoms with Crippen molar-refractivity contribution in [2.24, 2.45) is 0 Å². The summed E-state index contributed by atoms with van der Waals surface area (Å²) in [5.41, 5.74) is 7.11. The molecule has 0 radical (unpaired) electrons. The van der Waals surface area contributed by atoms with Crippen LogP contribution in [0.3, 0.4) is 0 Å². The molecule has 0 aliphatic carbocycles. The van der Waals surface area contributed by atoms with Crippen molar-refractivity contribution in [1.29, 1.82) is 10.5 Å². The molecule has 16 heavy (non-hydrogen) atoms. The quantitative estimate of drug-likeness (QED) is 0.714. The Morgan fingerprint density at radius 1 is 1.25 bits per heavy atom. The Morgan fingerprint density at radius 3 is 2.75 bits per heavy atom. The number of aromatic nitrogens is 2. The molecule has 0 amide bonds. The lowest BCUT2D eigenvalue weighted by Gasteiger charge is -2.06. The number of imidazole rings is 1. The largest absolute Gasteiger partial charge is 0.399 e. The minimum Gasteiger partial charge on any atom is -0.399 e. The average molecular weight is 209 g/mol. The third-order valence-corrected chi connectivity index (χ3v) is 2.14. The molecular weight excluding hydrogens is 202 g/mol. The van der Waals surface area contributed by atoms with Crippen LogP contribution in [0.2, 0.25) is 0 Å². The Balaban J connectivity index is 2.67. The fourth-order valence-corrected chi connectivity index (χ4v) is 1.43. The van der Waals surface area contributed by atoms with Gasteiger partial charge in [0.1, 0.15) is 12.1 Å². The van der Waals surface area contributed by atoms with E-state index in [9.17, 15) is 0 Å².